The number of benzene rings is 1. The lowest BCUT2D eigenvalue weighted by Crippen LogP contribution is -2.27. The van der Waals surface area contributed by atoms with E-state index in [-0.39, 0.29) is 0 Å². The van der Waals surface area contributed by atoms with E-state index >= 15 is 0 Å². The third-order valence-electron chi connectivity index (χ3n) is 2.72. The van der Waals surface area contributed by atoms with Gasteiger partial charge >= 0.3 is 5.97 Å². The van der Waals surface area contributed by atoms with Crippen LogP contribution in [0.1, 0.15) is 10.4 Å². The summed E-state index contributed by atoms with van der Waals surface area (Å²) >= 11 is 0. The molecule has 21 heavy (non-hydrogen) atoms. The van der Waals surface area contributed by atoms with Crippen LogP contribution in [0.15, 0.2) is 48.8 Å². The van der Waals surface area contributed by atoms with Gasteiger partial charge in [-0.2, -0.15) is 5.21 Å². The molecule has 0 saturated heterocycles. The highest BCUT2D eigenvalue weighted by Crippen LogP contribution is 2.15. The van der Waals surface area contributed by atoms with Crippen molar-refractivity contribution in [2.24, 2.45) is 0 Å². The Balaban J connectivity index is 1.74. The van der Waals surface area contributed by atoms with Gasteiger partial charge in [-0.15, -0.1) is 10.2 Å². The normalized spacial score (nSPS) is 10.3. The fourth-order valence-electron chi connectivity index (χ4n) is 1.68. The van der Waals surface area contributed by atoms with Crippen LogP contribution in [0, 0.1) is 0 Å². The first-order valence-electron chi connectivity index (χ1n) is 5.99. The van der Waals surface area contributed by atoms with Gasteiger partial charge in [-0.1, -0.05) is 12.1 Å². The predicted molar refractivity (Wildman–Crippen MR) is 68.4 cm³/mol. The number of H-pyrrole nitrogens is 1. The van der Waals surface area contributed by atoms with Gasteiger partial charge in [-0.3, -0.25) is 5.21 Å². The molecule has 0 atom stereocenters. The third-order valence-corrected chi connectivity index (χ3v) is 2.72. The van der Waals surface area contributed by atoms with Gasteiger partial charge in [0.25, 0.3) is 0 Å². The number of aromatic nitrogens is 5. The van der Waals surface area contributed by atoms with E-state index in [1.807, 2.05) is 0 Å². The number of carbonyl (C=O) groups excluding carboxylic acids is 1. The van der Waals surface area contributed by atoms with E-state index in [4.69, 9.17) is 9.94 Å². The number of nitrogens with one attached hydrogen (secondary N) is 1. The Morgan fingerprint density at radius 2 is 1.86 bits per heavy atom. The molecule has 0 unspecified atom stereocenters. The standard InChI is InChI=1S/C13H9N5O3/c19-13(21-11-5-7-18(20)8-6-11)10-3-1-9(2-4-10)12-14-16-17-15-12/h1-8H,(H-,14,15,16,17,19,20)/p+1. The molecular weight excluding hydrogens is 274 g/mol. The molecule has 0 aliphatic heterocycles. The maximum Gasteiger partial charge on any atom is 0.343 e. The maximum absolute atomic E-state index is 12.0. The summed E-state index contributed by atoms with van der Waals surface area (Å²) in [5, 5.41) is 22.6. The molecule has 0 spiro atoms. The molecule has 8 nitrogen and oxygen atoms in total. The number of hydrogen-bond acceptors (Lipinski definition) is 6. The van der Waals surface area contributed by atoms with E-state index in [2.05, 4.69) is 20.6 Å². The van der Waals surface area contributed by atoms with Crippen molar-refractivity contribution in [3.05, 3.63) is 54.4 Å². The second kappa shape index (κ2) is 5.37. The minimum absolute atomic E-state index is 0.340. The Morgan fingerprint density at radius 3 is 2.48 bits per heavy atom. The smallest absolute Gasteiger partial charge is 0.343 e. The summed E-state index contributed by atoms with van der Waals surface area (Å²) < 4.78 is 6.03. The molecule has 0 aliphatic carbocycles. The Kier molecular flexibility index (Phi) is 3.26. The van der Waals surface area contributed by atoms with Crippen molar-refractivity contribution < 1.29 is 19.5 Å². The van der Waals surface area contributed by atoms with Crippen LogP contribution < -0.4 is 9.47 Å². The number of carbonyl (C=O) groups is 1. The Bertz CT molecular complexity index is 738. The van der Waals surface area contributed by atoms with Crippen LogP contribution in [-0.4, -0.2) is 31.8 Å². The summed E-state index contributed by atoms with van der Waals surface area (Å²) in [7, 11) is 0. The SMILES string of the molecule is O=C(Oc1cc[n+](O)cc1)c1ccc(-c2nn[nH]n2)cc1. The van der Waals surface area contributed by atoms with Crippen molar-refractivity contribution in [3.8, 4) is 17.1 Å². The molecule has 3 rings (SSSR count). The van der Waals surface area contributed by atoms with Crippen LogP contribution in [0.3, 0.4) is 0 Å². The summed E-state index contributed by atoms with van der Waals surface area (Å²) in [6.07, 6.45) is 2.73. The van der Waals surface area contributed by atoms with Crippen molar-refractivity contribution in [2.75, 3.05) is 0 Å². The van der Waals surface area contributed by atoms with Gasteiger partial charge in [0.15, 0.2) is 0 Å². The molecule has 3 aromatic rings. The number of hydrogen-bond donors (Lipinski definition) is 2. The van der Waals surface area contributed by atoms with Gasteiger partial charge in [0, 0.05) is 22.4 Å². The zero-order chi connectivity index (χ0) is 14.7. The molecule has 8 heteroatoms. The van der Waals surface area contributed by atoms with E-state index in [9.17, 15) is 4.79 Å². The molecule has 2 heterocycles. The highest BCUT2D eigenvalue weighted by molar-refractivity contribution is 5.91. The fraction of sp³-hybridized carbons (Fsp3) is 0. The molecule has 0 bridgehead atoms. The number of tetrazole rings is 1. The Labute approximate surface area is 118 Å². The average molecular weight is 284 g/mol. The first-order chi connectivity index (χ1) is 10.2. The van der Waals surface area contributed by atoms with Crippen molar-refractivity contribution in [1.29, 1.82) is 0 Å². The van der Waals surface area contributed by atoms with Crippen LogP contribution in [0.25, 0.3) is 11.4 Å². The van der Waals surface area contributed by atoms with Gasteiger partial charge in [-0.25, -0.2) is 4.79 Å². The highest BCUT2D eigenvalue weighted by atomic mass is 16.5. The lowest BCUT2D eigenvalue weighted by molar-refractivity contribution is -0.904. The van der Waals surface area contributed by atoms with Crippen molar-refractivity contribution >= 4 is 5.97 Å². The maximum atomic E-state index is 12.0. The lowest BCUT2D eigenvalue weighted by atomic mass is 10.1. The number of aromatic amines is 1. The first-order valence-corrected chi connectivity index (χ1v) is 5.99. The minimum Gasteiger partial charge on any atom is -0.422 e. The van der Waals surface area contributed by atoms with E-state index in [0.29, 0.717) is 17.1 Å². The van der Waals surface area contributed by atoms with Crippen molar-refractivity contribution in [2.45, 2.75) is 0 Å². The van der Waals surface area contributed by atoms with Crippen LogP contribution in [-0.2, 0) is 0 Å². The number of ether oxygens (including phenoxy) is 1. The molecule has 0 radical (unpaired) electrons. The Morgan fingerprint density at radius 1 is 1.14 bits per heavy atom. The second-order valence-electron chi connectivity index (χ2n) is 4.12. The van der Waals surface area contributed by atoms with Crippen LogP contribution in [0.5, 0.6) is 5.75 Å². The van der Waals surface area contributed by atoms with Gasteiger partial charge < -0.3 is 4.74 Å². The fourth-order valence-corrected chi connectivity index (χ4v) is 1.68. The molecule has 0 fully saturated rings. The summed E-state index contributed by atoms with van der Waals surface area (Å²) in [5.41, 5.74) is 1.13. The number of nitrogens with zero attached hydrogens (tertiary/aromatic N) is 4. The molecule has 104 valence electrons. The van der Waals surface area contributed by atoms with E-state index in [1.54, 1.807) is 24.3 Å². The largest absolute Gasteiger partial charge is 0.422 e. The van der Waals surface area contributed by atoms with Crippen molar-refractivity contribution in [3.63, 3.8) is 0 Å². The van der Waals surface area contributed by atoms with E-state index in [1.165, 1.54) is 24.5 Å². The highest BCUT2D eigenvalue weighted by Gasteiger charge is 2.11. The number of pyridine rings is 1. The number of rotatable bonds is 3. The topological polar surface area (TPSA) is 105 Å². The van der Waals surface area contributed by atoms with Gasteiger partial charge in [-0.05, 0) is 17.3 Å². The molecule has 2 aromatic heterocycles. The van der Waals surface area contributed by atoms with Crippen LogP contribution >= 0.6 is 0 Å². The van der Waals surface area contributed by atoms with Gasteiger partial charge in [0.1, 0.15) is 5.75 Å². The average Bonchev–Trinajstić information content (AvgIpc) is 3.04. The molecule has 0 saturated carbocycles. The first kappa shape index (κ1) is 12.7. The predicted octanol–water partition coefficient (Wildman–Crippen LogP) is 0.611. The molecule has 0 amide bonds. The van der Waals surface area contributed by atoms with Crippen LogP contribution in [0.2, 0.25) is 0 Å². The summed E-state index contributed by atoms with van der Waals surface area (Å²) in [6.45, 7) is 0. The van der Waals surface area contributed by atoms with Gasteiger partial charge in [0.2, 0.25) is 18.2 Å². The van der Waals surface area contributed by atoms with E-state index < -0.39 is 5.97 Å². The molecule has 2 N–H and O–H groups in total. The van der Waals surface area contributed by atoms with E-state index in [0.717, 1.165) is 10.3 Å². The zero-order valence-electron chi connectivity index (χ0n) is 10.7. The third kappa shape index (κ3) is 2.84. The van der Waals surface area contributed by atoms with Gasteiger partial charge in [0.05, 0.1) is 5.56 Å². The summed E-state index contributed by atoms with van der Waals surface area (Å²) in [6, 6.07) is 9.59. The number of esters is 1. The second-order valence-corrected chi connectivity index (χ2v) is 4.12. The Hall–Kier alpha value is -3.29. The molecular formula is C13H10N5O3+. The molecule has 0 aliphatic rings. The van der Waals surface area contributed by atoms with Crippen molar-refractivity contribution in [1.82, 2.24) is 20.6 Å². The van der Waals surface area contributed by atoms with Crippen LogP contribution in [0.4, 0.5) is 0 Å². The minimum atomic E-state index is -0.495. The molecule has 1 aromatic carbocycles. The summed E-state index contributed by atoms with van der Waals surface area (Å²) in [5.74, 6) is 0.295. The lowest BCUT2D eigenvalue weighted by Gasteiger charge is -2.03. The quantitative estimate of drug-likeness (QED) is 0.415. The summed E-state index contributed by atoms with van der Waals surface area (Å²) in [4.78, 5) is 12.0. The monoisotopic (exact) mass is 284 g/mol. The zero-order valence-corrected chi connectivity index (χ0v) is 10.7.